The lowest BCUT2D eigenvalue weighted by molar-refractivity contribution is 0.756. The maximum absolute atomic E-state index is 4.37. The fraction of sp³-hybridized carbons (Fsp3) is 0.214. The number of rotatable bonds is 2. The van der Waals surface area contributed by atoms with E-state index in [4.69, 9.17) is 0 Å². The molecule has 0 spiro atoms. The lowest BCUT2D eigenvalue weighted by atomic mass is 9.99. The molecule has 0 radical (unpaired) electrons. The van der Waals surface area contributed by atoms with Crippen LogP contribution in [0, 0.1) is 13.8 Å². The van der Waals surface area contributed by atoms with Gasteiger partial charge in [-0.25, -0.2) is 0 Å². The summed E-state index contributed by atoms with van der Waals surface area (Å²) in [4.78, 5) is 0. The Balaban J connectivity index is 2.62. The molecule has 2 nitrogen and oxygen atoms in total. The number of nitrogens with zero attached hydrogens (tertiary/aromatic N) is 2. The van der Waals surface area contributed by atoms with Crippen molar-refractivity contribution in [2.45, 2.75) is 13.8 Å². The Bertz CT molecular complexity index is 536. The number of aromatic nitrogens is 2. The summed E-state index contributed by atoms with van der Waals surface area (Å²) in [5, 5.41) is 4.37. The molecule has 0 atom stereocenters. The van der Waals surface area contributed by atoms with Gasteiger partial charge in [0.05, 0.1) is 5.69 Å². The normalized spacial score (nSPS) is 10.4. The molecule has 16 heavy (non-hydrogen) atoms. The number of hydrogen-bond donors (Lipinski definition) is 0. The van der Waals surface area contributed by atoms with Crippen LogP contribution in [0.3, 0.4) is 0 Å². The summed E-state index contributed by atoms with van der Waals surface area (Å²) in [6.07, 6.45) is 3.93. The third-order valence-electron chi connectivity index (χ3n) is 2.80. The molecule has 1 aromatic heterocycles. The van der Waals surface area contributed by atoms with E-state index in [1.807, 2.05) is 24.7 Å². The summed E-state index contributed by atoms with van der Waals surface area (Å²) in [6.45, 7) is 7.96. The summed E-state index contributed by atoms with van der Waals surface area (Å²) in [6, 6.07) is 6.36. The lowest BCUT2D eigenvalue weighted by Crippen LogP contribution is -1.86. The standard InChI is InChI=1S/C14H16N2/c1-5-12-7-6-10(2)13(8-12)14-9-16(4)15-11(14)3/h5-9H,1H2,2-4H3. The molecule has 1 heterocycles. The highest BCUT2D eigenvalue weighted by atomic mass is 15.2. The van der Waals surface area contributed by atoms with E-state index >= 15 is 0 Å². The monoisotopic (exact) mass is 212 g/mol. The Labute approximate surface area is 96.2 Å². The predicted molar refractivity (Wildman–Crippen MR) is 68.2 cm³/mol. The maximum atomic E-state index is 4.37. The molecule has 0 N–H and O–H groups in total. The molecule has 0 unspecified atom stereocenters. The van der Waals surface area contributed by atoms with Gasteiger partial charge in [0.2, 0.25) is 0 Å². The second-order valence-electron chi connectivity index (χ2n) is 4.08. The summed E-state index contributed by atoms with van der Waals surface area (Å²) in [5.41, 5.74) is 5.91. The SMILES string of the molecule is C=Cc1ccc(C)c(-c2cn(C)nc2C)c1. The highest BCUT2D eigenvalue weighted by Crippen LogP contribution is 2.27. The first-order chi connectivity index (χ1) is 7.61. The van der Waals surface area contributed by atoms with Crippen molar-refractivity contribution in [2.75, 3.05) is 0 Å². The van der Waals surface area contributed by atoms with Crippen LogP contribution in [0.2, 0.25) is 0 Å². The van der Waals surface area contributed by atoms with Crippen LogP contribution in [0.5, 0.6) is 0 Å². The van der Waals surface area contributed by atoms with E-state index in [2.05, 4.69) is 43.0 Å². The molecule has 2 heteroatoms. The Hall–Kier alpha value is -1.83. The van der Waals surface area contributed by atoms with Crippen molar-refractivity contribution in [1.29, 1.82) is 0 Å². The second-order valence-corrected chi connectivity index (χ2v) is 4.08. The van der Waals surface area contributed by atoms with Crippen LogP contribution in [0.4, 0.5) is 0 Å². The third kappa shape index (κ3) is 1.78. The first-order valence-electron chi connectivity index (χ1n) is 5.35. The quantitative estimate of drug-likeness (QED) is 0.746. The van der Waals surface area contributed by atoms with Crippen LogP contribution in [0.15, 0.2) is 31.0 Å². The minimum Gasteiger partial charge on any atom is -0.275 e. The smallest absolute Gasteiger partial charge is 0.0672 e. The Morgan fingerprint density at radius 2 is 2.00 bits per heavy atom. The van der Waals surface area contributed by atoms with Gasteiger partial charge in [0, 0.05) is 18.8 Å². The summed E-state index contributed by atoms with van der Waals surface area (Å²) in [7, 11) is 1.95. The maximum Gasteiger partial charge on any atom is 0.0672 e. The highest BCUT2D eigenvalue weighted by molar-refractivity contribution is 5.71. The molecule has 0 amide bonds. The van der Waals surface area contributed by atoms with Crippen LogP contribution in [-0.2, 0) is 7.05 Å². The van der Waals surface area contributed by atoms with Crippen molar-refractivity contribution in [1.82, 2.24) is 9.78 Å². The van der Waals surface area contributed by atoms with Crippen molar-refractivity contribution in [2.24, 2.45) is 7.05 Å². The molecule has 0 aliphatic rings. The van der Waals surface area contributed by atoms with Crippen LogP contribution in [0.25, 0.3) is 17.2 Å². The predicted octanol–water partition coefficient (Wildman–Crippen LogP) is 3.35. The van der Waals surface area contributed by atoms with Crippen molar-refractivity contribution in [3.8, 4) is 11.1 Å². The van der Waals surface area contributed by atoms with E-state index in [-0.39, 0.29) is 0 Å². The van der Waals surface area contributed by atoms with E-state index in [0.29, 0.717) is 0 Å². The summed E-state index contributed by atoms with van der Waals surface area (Å²) < 4.78 is 1.85. The molecular formula is C14H16N2. The molecule has 0 bridgehead atoms. The number of hydrogen-bond acceptors (Lipinski definition) is 1. The first kappa shape index (κ1) is 10.7. The molecule has 1 aromatic carbocycles. The van der Waals surface area contributed by atoms with Gasteiger partial charge in [-0.2, -0.15) is 5.10 Å². The number of benzene rings is 1. The van der Waals surface area contributed by atoms with E-state index in [9.17, 15) is 0 Å². The lowest BCUT2D eigenvalue weighted by Gasteiger charge is -2.05. The zero-order valence-corrected chi connectivity index (χ0v) is 9.99. The average molecular weight is 212 g/mol. The van der Waals surface area contributed by atoms with Crippen LogP contribution < -0.4 is 0 Å². The minimum atomic E-state index is 1.06. The van der Waals surface area contributed by atoms with Gasteiger partial charge in [-0.15, -0.1) is 0 Å². The zero-order valence-electron chi connectivity index (χ0n) is 9.99. The van der Waals surface area contributed by atoms with Gasteiger partial charge in [0.25, 0.3) is 0 Å². The molecule has 0 aliphatic heterocycles. The van der Waals surface area contributed by atoms with Gasteiger partial charge in [-0.3, -0.25) is 4.68 Å². The van der Waals surface area contributed by atoms with Gasteiger partial charge >= 0.3 is 0 Å². The second kappa shape index (κ2) is 3.97. The molecular weight excluding hydrogens is 196 g/mol. The summed E-state index contributed by atoms with van der Waals surface area (Å²) in [5.74, 6) is 0. The van der Waals surface area contributed by atoms with E-state index < -0.39 is 0 Å². The van der Waals surface area contributed by atoms with Crippen LogP contribution >= 0.6 is 0 Å². The van der Waals surface area contributed by atoms with E-state index in [0.717, 1.165) is 11.3 Å². The van der Waals surface area contributed by atoms with Crippen LogP contribution in [0.1, 0.15) is 16.8 Å². The fourth-order valence-corrected chi connectivity index (χ4v) is 1.92. The topological polar surface area (TPSA) is 17.8 Å². The van der Waals surface area contributed by atoms with Crippen molar-refractivity contribution in [3.63, 3.8) is 0 Å². The average Bonchev–Trinajstić information content (AvgIpc) is 2.58. The molecule has 2 rings (SSSR count). The fourth-order valence-electron chi connectivity index (χ4n) is 1.92. The summed E-state index contributed by atoms with van der Waals surface area (Å²) >= 11 is 0. The largest absolute Gasteiger partial charge is 0.275 e. The molecule has 2 aromatic rings. The first-order valence-corrected chi connectivity index (χ1v) is 5.35. The highest BCUT2D eigenvalue weighted by Gasteiger charge is 2.08. The van der Waals surface area contributed by atoms with Gasteiger partial charge < -0.3 is 0 Å². The van der Waals surface area contributed by atoms with E-state index in [1.54, 1.807) is 0 Å². The Morgan fingerprint density at radius 3 is 2.56 bits per heavy atom. The van der Waals surface area contributed by atoms with Crippen LogP contribution in [-0.4, -0.2) is 9.78 Å². The Kier molecular flexibility index (Phi) is 2.65. The van der Waals surface area contributed by atoms with Crippen molar-refractivity contribution in [3.05, 3.63) is 47.8 Å². The van der Waals surface area contributed by atoms with E-state index in [1.165, 1.54) is 16.7 Å². The molecule has 0 fully saturated rings. The van der Waals surface area contributed by atoms with Crippen molar-refractivity contribution >= 4 is 6.08 Å². The minimum absolute atomic E-state index is 1.06. The molecule has 0 aliphatic carbocycles. The van der Waals surface area contributed by atoms with Crippen molar-refractivity contribution < 1.29 is 0 Å². The van der Waals surface area contributed by atoms with Gasteiger partial charge in [0.1, 0.15) is 0 Å². The molecule has 0 saturated carbocycles. The van der Waals surface area contributed by atoms with Gasteiger partial charge in [0.15, 0.2) is 0 Å². The molecule has 0 saturated heterocycles. The third-order valence-corrected chi connectivity index (χ3v) is 2.80. The zero-order chi connectivity index (χ0) is 11.7. The van der Waals surface area contributed by atoms with Gasteiger partial charge in [-0.05, 0) is 36.6 Å². The van der Waals surface area contributed by atoms with Gasteiger partial charge in [-0.1, -0.05) is 24.8 Å². The molecule has 82 valence electrons. The Morgan fingerprint density at radius 1 is 1.25 bits per heavy atom. The number of aryl methyl sites for hydroxylation is 3.